The molecule has 1 atom stereocenters. The first-order chi connectivity index (χ1) is 18.4. The van der Waals surface area contributed by atoms with Gasteiger partial charge in [0.1, 0.15) is 12.6 Å². The number of hydrogen-bond acceptors (Lipinski definition) is 6. The standard InChI is InChI=1S/C28H29Br2N3O5/c1-3-36-25-16-21(14-23(30)26(25)38-18-20-10-12-22(29)13-11-20)17-31-33-27(34)24(32-28(35)37-4-2)15-19-8-6-5-7-9-19/h5-14,16-17,24H,3-4,15,18H2,1-2H3,(H,32,35)(H,33,34)/b31-17-/t24-/m0/s1. The summed E-state index contributed by atoms with van der Waals surface area (Å²) in [6.45, 7) is 4.59. The van der Waals surface area contributed by atoms with E-state index in [4.69, 9.17) is 14.2 Å². The van der Waals surface area contributed by atoms with Crippen LogP contribution in [-0.4, -0.2) is 37.5 Å². The molecule has 0 fully saturated rings. The van der Waals surface area contributed by atoms with Crippen LogP contribution < -0.4 is 20.2 Å². The molecule has 38 heavy (non-hydrogen) atoms. The van der Waals surface area contributed by atoms with Crippen LogP contribution in [0.2, 0.25) is 0 Å². The van der Waals surface area contributed by atoms with E-state index in [1.165, 1.54) is 6.21 Å². The number of hydrazone groups is 1. The molecule has 2 N–H and O–H groups in total. The number of hydrogen-bond donors (Lipinski definition) is 2. The predicted octanol–water partition coefficient (Wildman–Crippen LogP) is 6.00. The highest BCUT2D eigenvalue weighted by atomic mass is 79.9. The zero-order valence-electron chi connectivity index (χ0n) is 21.1. The molecular weight excluding hydrogens is 618 g/mol. The van der Waals surface area contributed by atoms with Gasteiger partial charge in [0.2, 0.25) is 0 Å². The lowest BCUT2D eigenvalue weighted by atomic mass is 10.1. The molecule has 3 aromatic rings. The van der Waals surface area contributed by atoms with E-state index >= 15 is 0 Å². The summed E-state index contributed by atoms with van der Waals surface area (Å²) in [5, 5.41) is 6.69. The first-order valence-corrected chi connectivity index (χ1v) is 13.6. The average molecular weight is 647 g/mol. The third kappa shape index (κ3) is 9.18. The second-order valence-corrected chi connectivity index (χ2v) is 9.79. The van der Waals surface area contributed by atoms with Crippen molar-refractivity contribution >= 4 is 50.1 Å². The van der Waals surface area contributed by atoms with E-state index in [2.05, 4.69) is 47.7 Å². The van der Waals surface area contributed by atoms with E-state index in [1.54, 1.807) is 13.0 Å². The molecule has 3 aromatic carbocycles. The largest absolute Gasteiger partial charge is 0.490 e. The summed E-state index contributed by atoms with van der Waals surface area (Å²) < 4.78 is 18.5. The van der Waals surface area contributed by atoms with Crippen molar-refractivity contribution in [1.29, 1.82) is 0 Å². The Morgan fingerprint density at radius 2 is 1.68 bits per heavy atom. The minimum atomic E-state index is -0.867. The smallest absolute Gasteiger partial charge is 0.407 e. The zero-order valence-corrected chi connectivity index (χ0v) is 24.3. The molecule has 2 amide bonds. The Morgan fingerprint density at radius 3 is 2.37 bits per heavy atom. The fourth-order valence-electron chi connectivity index (χ4n) is 3.42. The number of carbonyl (C=O) groups is 2. The number of rotatable bonds is 12. The summed E-state index contributed by atoms with van der Waals surface area (Å²) >= 11 is 6.98. The van der Waals surface area contributed by atoms with Crippen molar-refractivity contribution in [1.82, 2.24) is 10.7 Å². The van der Waals surface area contributed by atoms with Gasteiger partial charge in [-0.25, -0.2) is 10.2 Å². The maximum Gasteiger partial charge on any atom is 0.407 e. The number of nitrogens with zero attached hydrogens (tertiary/aromatic N) is 1. The minimum Gasteiger partial charge on any atom is -0.490 e. The Hall–Kier alpha value is -3.37. The molecule has 0 radical (unpaired) electrons. The second-order valence-electron chi connectivity index (χ2n) is 8.02. The summed E-state index contributed by atoms with van der Waals surface area (Å²) in [4.78, 5) is 24.8. The number of halogens is 2. The SMILES string of the molecule is CCOC(=O)N[C@@H](Cc1ccccc1)C(=O)N/N=C\c1cc(Br)c(OCc2ccc(Br)cc2)c(OCC)c1. The second kappa shape index (κ2) is 15.1. The first kappa shape index (κ1) is 29.2. The Balaban J connectivity index is 1.70. The van der Waals surface area contributed by atoms with Crippen LogP contribution in [0.25, 0.3) is 0 Å². The van der Waals surface area contributed by atoms with Gasteiger partial charge in [-0.2, -0.15) is 5.10 Å². The molecule has 0 spiro atoms. The Bertz CT molecular complexity index is 1240. The highest BCUT2D eigenvalue weighted by molar-refractivity contribution is 9.10. The molecule has 0 aliphatic heterocycles. The molecule has 3 rings (SSSR count). The predicted molar refractivity (Wildman–Crippen MR) is 154 cm³/mol. The van der Waals surface area contributed by atoms with Gasteiger partial charge in [-0.05, 0) is 70.7 Å². The number of alkyl carbamates (subject to hydrolysis) is 1. The topological polar surface area (TPSA) is 98.2 Å². The van der Waals surface area contributed by atoms with Crippen LogP contribution in [0.5, 0.6) is 11.5 Å². The molecule has 0 aromatic heterocycles. The molecule has 0 saturated heterocycles. The van der Waals surface area contributed by atoms with Crippen molar-refractivity contribution in [3.8, 4) is 11.5 Å². The van der Waals surface area contributed by atoms with E-state index in [-0.39, 0.29) is 13.0 Å². The first-order valence-electron chi connectivity index (χ1n) is 12.0. The third-order valence-electron chi connectivity index (χ3n) is 5.18. The maximum absolute atomic E-state index is 12.9. The summed E-state index contributed by atoms with van der Waals surface area (Å²) in [7, 11) is 0. The van der Waals surface area contributed by atoms with Gasteiger partial charge < -0.3 is 19.5 Å². The molecule has 0 heterocycles. The Labute approximate surface area is 239 Å². The Kier molecular flexibility index (Phi) is 11.6. The van der Waals surface area contributed by atoms with Gasteiger partial charge in [0.05, 0.1) is 23.9 Å². The third-order valence-corrected chi connectivity index (χ3v) is 6.30. The van der Waals surface area contributed by atoms with Gasteiger partial charge >= 0.3 is 6.09 Å². The molecule has 8 nitrogen and oxygen atoms in total. The lowest BCUT2D eigenvalue weighted by molar-refractivity contribution is -0.123. The van der Waals surface area contributed by atoms with Crippen molar-refractivity contribution in [2.75, 3.05) is 13.2 Å². The zero-order chi connectivity index (χ0) is 27.3. The lowest BCUT2D eigenvalue weighted by Crippen LogP contribution is -2.47. The van der Waals surface area contributed by atoms with E-state index < -0.39 is 18.0 Å². The number of amides is 2. The van der Waals surface area contributed by atoms with Crippen LogP contribution in [0.15, 0.2) is 80.8 Å². The normalized spacial score (nSPS) is 11.6. The fraction of sp³-hybridized carbons (Fsp3) is 0.250. The van der Waals surface area contributed by atoms with Crippen molar-refractivity contribution in [3.05, 3.63) is 92.4 Å². The van der Waals surface area contributed by atoms with Gasteiger partial charge in [0.15, 0.2) is 11.5 Å². The van der Waals surface area contributed by atoms with Crippen LogP contribution in [0.1, 0.15) is 30.5 Å². The number of benzene rings is 3. The van der Waals surface area contributed by atoms with Gasteiger partial charge in [0.25, 0.3) is 5.91 Å². The van der Waals surface area contributed by atoms with Crippen molar-refractivity contribution in [2.24, 2.45) is 5.10 Å². The van der Waals surface area contributed by atoms with Crippen molar-refractivity contribution < 1.29 is 23.8 Å². The molecule has 0 aliphatic rings. The van der Waals surface area contributed by atoms with Crippen molar-refractivity contribution in [3.63, 3.8) is 0 Å². The van der Waals surface area contributed by atoms with Crippen LogP contribution in [0.4, 0.5) is 4.79 Å². The highest BCUT2D eigenvalue weighted by Crippen LogP contribution is 2.37. The molecule has 0 aliphatic carbocycles. The van der Waals surface area contributed by atoms with Crippen molar-refractivity contribution in [2.45, 2.75) is 32.9 Å². The van der Waals surface area contributed by atoms with Gasteiger partial charge in [-0.15, -0.1) is 0 Å². The summed E-state index contributed by atoms with van der Waals surface area (Å²) in [5.41, 5.74) is 5.08. The van der Waals surface area contributed by atoms with Crippen LogP contribution >= 0.6 is 31.9 Å². The minimum absolute atomic E-state index is 0.198. The molecule has 200 valence electrons. The molecule has 10 heteroatoms. The van der Waals surface area contributed by atoms with E-state index in [0.717, 1.165) is 15.6 Å². The van der Waals surface area contributed by atoms with Gasteiger partial charge in [-0.1, -0.05) is 58.4 Å². The molecule has 0 bridgehead atoms. The van der Waals surface area contributed by atoms with E-state index in [1.807, 2.05) is 67.6 Å². The summed E-state index contributed by atoms with van der Waals surface area (Å²) in [6, 6.07) is 20.0. The monoisotopic (exact) mass is 645 g/mol. The van der Waals surface area contributed by atoms with Crippen LogP contribution in [0, 0.1) is 0 Å². The van der Waals surface area contributed by atoms with Gasteiger partial charge in [0, 0.05) is 10.9 Å². The number of carbonyl (C=O) groups excluding carboxylic acids is 2. The molecule has 0 saturated carbocycles. The number of nitrogens with one attached hydrogen (secondary N) is 2. The maximum atomic E-state index is 12.9. The highest BCUT2D eigenvalue weighted by Gasteiger charge is 2.21. The number of ether oxygens (including phenoxy) is 3. The average Bonchev–Trinajstić information content (AvgIpc) is 2.90. The fourth-order valence-corrected chi connectivity index (χ4v) is 4.26. The quantitative estimate of drug-likeness (QED) is 0.186. The summed E-state index contributed by atoms with van der Waals surface area (Å²) in [6.07, 6.45) is 1.11. The van der Waals surface area contributed by atoms with E-state index in [0.29, 0.717) is 34.7 Å². The molecular formula is C28H29Br2N3O5. The lowest BCUT2D eigenvalue weighted by Gasteiger charge is -2.17. The van der Waals surface area contributed by atoms with Crippen LogP contribution in [-0.2, 0) is 22.6 Å². The molecule has 0 unspecified atom stereocenters. The Morgan fingerprint density at radius 1 is 0.947 bits per heavy atom. The van der Waals surface area contributed by atoms with Crippen LogP contribution in [0.3, 0.4) is 0 Å². The summed E-state index contributed by atoms with van der Waals surface area (Å²) in [5.74, 6) is 0.631. The van der Waals surface area contributed by atoms with Gasteiger partial charge in [-0.3, -0.25) is 4.79 Å². The van der Waals surface area contributed by atoms with E-state index in [9.17, 15) is 9.59 Å².